The Morgan fingerprint density at radius 3 is 2.57 bits per heavy atom. The molecule has 3 rings (SSSR count). The third kappa shape index (κ3) is 5.37. The van der Waals surface area contributed by atoms with E-state index in [2.05, 4.69) is 15.0 Å². The quantitative estimate of drug-likeness (QED) is 0.636. The van der Waals surface area contributed by atoms with E-state index < -0.39 is 15.6 Å². The summed E-state index contributed by atoms with van der Waals surface area (Å²) in [6.07, 6.45) is 0.811. The molecule has 2 aromatic carbocycles. The van der Waals surface area contributed by atoms with Crippen LogP contribution in [0.25, 0.3) is 10.2 Å². The second-order valence-electron chi connectivity index (χ2n) is 7.51. The van der Waals surface area contributed by atoms with Gasteiger partial charge in [0.05, 0.1) is 20.1 Å². The van der Waals surface area contributed by atoms with Crippen molar-refractivity contribution in [2.45, 2.75) is 44.0 Å². The molecule has 1 amide bonds. The van der Waals surface area contributed by atoms with Gasteiger partial charge in [-0.15, -0.1) is 11.3 Å². The third-order valence-corrected chi connectivity index (χ3v) is 6.62. The molecule has 0 unspecified atom stereocenters. The Labute approximate surface area is 169 Å². The van der Waals surface area contributed by atoms with Gasteiger partial charge in [-0.2, -0.15) is 0 Å². The maximum absolute atomic E-state index is 12.5. The molecule has 28 heavy (non-hydrogen) atoms. The minimum absolute atomic E-state index is 0.117. The molecule has 0 atom stereocenters. The van der Waals surface area contributed by atoms with E-state index >= 15 is 0 Å². The van der Waals surface area contributed by atoms with Crippen molar-refractivity contribution in [3.8, 4) is 0 Å². The van der Waals surface area contributed by atoms with Gasteiger partial charge in [-0.1, -0.05) is 18.2 Å². The number of hydrogen-bond acceptors (Lipinski definition) is 5. The SMILES string of the molecule is CC(C)(C)NS(=O)(=O)c1cccc(NC(=O)CCc2nc3ccccc3s2)c1. The standard InChI is InChI=1S/C20H23N3O3S2/c1-20(2,3)23-28(25,26)15-8-6-7-14(13-15)21-18(24)11-12-19-22-16-9-4-5-10-17(16)27-19/h4-10,13,23H,11-12H2,1-3H3,(H,21,24). The summed E-state index contributed by atoms with van der Waals surface area (Å²) in [7, 11) is -3.66. The summed E-state index contributed by atoms with van der Waals surface area (Å²) in [4.78, 5) is 16.9. The van der Waals surface area contributed by atoms with Gasteiger partial charge in [-0.3, -0.25) is 4.79 Å². The molecule has 2 N–H and O–H groups in total. The summed E-state index contributed by atoms with van der Waals surface area (Å²) in [5.41, 5.74) is 0.799. The highest BCUT2D eigenvalue weighted by Crippen LogP contribution is 2.23. The molecule has 3 aromatic rings. The first-order valence-electron chi connectivity index (χ1n) is 8.91. The Kier molecular flexibility index (Phi) is 5.83. The first-order chi connectivity index (χ1) is 13.1. The topological polar surface area (TPSA) is 88.2 Å². The minimum Gasteiger partial charge on any atom is -0.326 e. The number of para-hydroxylation sites is 1. The molecule has 148 valence electrons. The predicted molar refractivity (Wildman–Crippen MR) is 113 cm³/mol. The number of nitrogens with one attached hydrogen (secondary N) is 2. The van der Waals surface area contributed by atoms with E-state index in [9.17, 15) is 13.2 Å². The monoisotopic (exact) mass is 417 g/mol. The number of benzene rings is 2. The smallest absolute Gasteiger partial charge is 0.241 e. The number of carbonyl (C=O) groups is 1. The van der Waals surface area contributed by atoms with Crippen molar-refractivity contribution >= 4 is 43.2 Å². The van der Waals surface area contributed by atoms with Crippen molar-refractivity contribution in [1.82, 2.24) is 9.71 Å². The number of fused-ring (bicyclic) bond motifs is 1. The van der Waals surface area contributed by atoms with Crippen LogP contribution in [0.15, 0.2) is 53.4 Å². The number of carbonyl (C=O) groups excluding carboxylic acids is 1. The molecule has 1 heterocycles. The van der Waals surface area contributed by atoms with Gasteiger partial charge in [-0.25, -0.2) is 18.1 Å². The lowest BCUT2D eigenvalue weighted by Gasteiger charge is -2.20. The van der Waals surface area contributed by atoms with Gasteiger partial charge in [0.25, 0.3) is 0 Å². The lowest BCUT2D eigenvalue weighted by atomic mass is 10.1. The fraction of sp³-hybridized carbons (Fsp3) is 0.300. The molecule has 1 aromatic heterocycles. The number of rotatable bonds is 6. The summed E-state index contributed by atoms with van der Waals surface area (Å²) in [5.74, 6) is -0.183. The van der Waals surface area contributed by atoms with E-state index in [1.165, 1.54) is 12.1 Å². The van der Waals surface area contributed by atoms with Gasteiger partial charge in [-0.05, 0) is 51.1 Å². The molecular weight excluding hydrogens is 394 g/mol. The Bertz CT molecular complexity index is 1070. The second kappa shape index (κ2) is 7.98. The van der Waals surface area contributed by atoms with Crippen molar-refractivity contribution in [3.63, 3.8) is 0 Å². The molecule has 0 aliphatic rings. The van der Waals surface area contributed by atoms with E-state index in [0.29, 0.717) is 12.1 Å². The van der Waals surface area contributed by atoms with Crippen LogP contribution in [0.1, 0.15) is 32.2 Å². The Balaban J connectivity index is 1.64. The molecule has 0 aliphatic carbocycles. The molecule has 0 aliphatic heterocycles. The number of aryl methyl sites for hydroxylation is 1. The largest absolute Gasteiger partial charge is 0.326 e. The van der Waals surface area contributed by atoms with E-state index in [1.54, 1.807) is 44.2 Å². The highest BCUT2D eigenvalue weighted by Gasteiger charge is 2.22. The van der Waals surface area contributed by atoms with Crippen molar-refractivity contribution < 1.29 is 13.2 Å². The molecule has 0 fully saturated rings. The maximum atomic E-state index is 12.5. The molecule has 0 radical (unpaired) electrons. The number of nitrogens with zero attached hydrogens (tertiary/aromatic N) is 1. The van der Waals surface area contributed by atoms with Gasteiger partial charge >= 0.3 is 0 Å². The van der Waals surface area contributed by atoms with Gasteiger partial charge in [0.15, 0.2) is 0 Å². The van der Waals surface area contributed by atoms with Gasteiger partial charge in [0, 0.05) is 24.1 Å². The Morgan fingerprint density at radius 2 is 1.86 bits per heavy atom. The lowest BCUT2D eigenvalue weighted by Crippen LogP contribution is -2.40. The average molecular weight is 418 g/mol. The van der Waals surface area contributed by atoms with Gasteiger partial charge in [0.1, 0.15) is 0 Å². The van der Waals surface area contributed by atoms with Crippen molar-refractivity contribution in [2.24, 2.45) is 0 Å². The highest BCUT2D eigenvalue weighted by molar-refractivity contribution is 7.89. The lowest BCUT2D eigenvalue weighted by molar-refractivity contribution is -0.116. The number of hydrogen-bond donors (Lipinski definition) is 2. The molecule has 0 saturated carbocycles. The second-order valence-corrected chi connectivity index (χ2v) is 10.3. The summed E-state index contributed by atoms with van der Waals surface area (Å²) >= 11 is 1.58. The summed E-state index contributed by atoms with van der Waals surface area (Å²) in [6, 6.07) is 14.1. The molecule has 8 heteroatoms. The fourth-order valence-corrected chi connectivity index (χ4v) is 5.10. The van der Waals surface area contributed by atoms with Crippen LogP contribution >= 0.6 is 11.3 Å². The van der Waals surface area contributed by atoms with E-state index in [4.69, 9.17) is 0 Å². The fourth-order valence-electron chi connectivity index (χ4n) is 2.67. The van der Waals surface area contributed by atoms with Gasteiger partial charge in [0.2, 0.25) is 15.9 Å². The zero-order chi connectivity index (χ0) is 20.4. The van der Waals surface area contributed by atoms with Crippen molar-refractivity contribution in [3.05, 3.63) is 53.5 Å². The van der Waals surface area contributed by atoms with E-state index in [1.807, 2.05) is 24.3 Å². The summed E-state index contributed by atoms with van der Waals surface area (Å²) < 4.78 is 28.6. The van der Waals surface area contributed by atoms with Crippen LogP contribution in [0.5, 0.6) is 0 Å². The molecule has 0 saturated heterocycles. The molecule has 0 spiro atoms. The van der Waals surface area contributed by atoms with E-state index in [-0.39, 0.29) is 17.2 Å². The first kappa shape index (κ1) is 20.4. The van der Waals surface area contributed by atoms with Crippen LogP contribution in [0.3, 0.4) is 0 Å². The molecule has 6 nitrogen and oxygen atoms in total. The Morgan fingerprint density at radius 1 is 1.11 bits per heavy atom. The molecular formula is C20H23N3O3S2. The van der Waals surface area contributed by atoms with Crippen LogP contribution in [0.2, 0.25) is 0 Å². The predicted octanol–water partition coefficient (Wildman–Crippen LogP) is 3.94. The van der Waals surface area contributed by atoms with Crippen molar-refractivity contribution in [1.29, 1.82) is 0 Å². The summed E-state index contributed by atoms with van der Waals surface area (Å²) in [5, 5.41) is 3.67. The van der Waals surface area contributed by atoms with E-state index in [0.717, 1.165) is 15.2 Å². The zero-order valence-electron chi connectivity index (χ0n) is 16.0. The van der Waals surface area contributed by atoms with Crippen LogP contribution in [0, 0.1) is 0 Å². The van der Waals surface area contributed by atoms with Gasteiger partial charge < -0.3 is 5.32 Å². The minimum atomic E-state index is -3.66. The number of anilines is 1. The zero-order valence-corrected chi connectivity index (χ0v) is 17.7. The van der Waals surface area contributed by atoms with Crippen LogP contribution in [-0.4, -0.2) is 24.8 Å². The molecule has 0 bridgehead atoms. The summed E-state index contributed by atoms with van der Waals surface area (Å²) in [6.45, 7) is 5.33. The number of amides is 1. The van der Waals surface area contributed by atoms with Crippen LogP contribution in [0.4, 0.5) is 5.69 Å². The average Bonchev–Trinajstić information content (AvgIpc) is 3.01. The number of thiazole rings is 1. The number of sulfonamides is 1. The third-order valence-electron chi connectivity index (χ3n) is 3.77. The maximum Gasteiger partial charge on any atom is 0.241 e. The van der Waals surface area contributed by atoms with Crippen LogP contribution < -0.4 is 10.0 Å². The Hall–Kier alpha value is -2.29. The first-order valence-corrected chi connectivity index (χ1v) is 11.2. The van der Waals surface area contributed by atoms with Crippen molar-refractivity contribution in [2.75, 3.05) is 5.32 Å². The number of aromatic nitrogens is 1. The normalized spacial score (nSPS) is 12.2. The highest BCUT2D eigenvalue weighted by atomic mass is 32.2. The van der Waals surface area contributed by atoms with Crippen LogP contribution in [-0.2, 0) is 21.2 Å².